The lowest BCUT2D eigenvalue weighted by Gasteiger charge is -2.33. The van der Waals surface area contributed by atoms with E-state index in [4.69, 9.17) is 10.5 Å². The lowest BCUT2D eigenvalue weighted by molar-refractivity contribution is -0.137. The second-order valence-electron chi connectivity index (χ2n) is 5.39. The molecule has 5 heteroatoms. The molecule has 1 saturated heterocycles. The van der Waals surface area contributed by atoms with Crippen LogP contribution in [0.4, 0.5) is 0 Å². The molecule has 0 radical (unpaired) electrons. The number of nitrogens with zero attached hydrogens (tertiary/aromatic N) is 1. The second kappa shape index (κ2) is 8.73. The van der Waals surface area contributed by atoms with Gasteiger partial charge < -0.3 is 15.4 Å². The standard InChI is InChI=1S/C13H26N2O2.ClH/c1-10(2)9-17-12-4-6-15(7-5-12)13(16)11(3)8-14;/h10-12H,4-9,14H2,1-3H3;1H. The summed E-state index contributed by atoms with van der Waals surface area (Å²) in [6, 6.07) is 0. The lowest BCUT2D eigenvalue weighted by atomic mass is 10.0. The first-order chi connectivity index (χ1) is 8.04. The van der Waals surface area contributed by atoms with Crippen molar-refractivity contribution < 1.29 is 9.53 Å². The Morgan fingerprint density at radius 1 is 1.33 bits per heavy atom. The number of halogens is 1. The van der Waals surface area contributed by atoms with Crippen LogP contribution in [0.3, 0.4) is 0 Å². The number of hydrogen-bond donors (Lipinski definition) is 1. The summed E-state index contributed by atoms with van der Waals surface area (Å²) in [5.74, 6) is 0.713. The van der Waals surface area contributed by atoms with Gasteiger partial charge in [0.25, 0.3) is 0 Å². The summed E-state index contributed by atoms with van der Waals surface area (Å²) in [5.41, 5.74) is 5.52. The normalized spacial score (nSPS) is 18.6. The van der Waals surface area contributed by atoms with Gasteiger partial charge in [-0.2, -0.15) is 0 Å². The van der Waals surface area contributed by atoms with Gasteiger partial charge in [0.2, 0.25) is 5.91 Å². The minimum atomic E-state index is -0.0527. The number of nitrogens with two attached hydrogens (primary N) is 1. The molecule has 0 bridgehead atoms. The molecule has 1 heterocycles. The van der Waals surface area contributed by atoms with E-state index in [0.29, 0.717) is 18.6 Å². The molecule has 1 aliphatic rings. The van der Waals surface area contributed by atoms with Crippen LogP contribution in [0.1, 0.15) is 33.6 Å². The largest absolute Gasteiger partial charge is 0.378 e. The molecule has 1 aliphatic heterocycles. The summed E-state index contributed by atoms with van der Waals surface area (Å²) in [5, 5.41) is 0. The maximum atomic E-state index is 11.9. The van der Waals surface area contributed by atoms with Crippen LogP contribution >= 0.6 is 12.4 Å². The molecule has 0 aromatic heterocycles. The fraction of sp³-hybridized carbons (Fsp3) is 0.923. The molecule has 0 spiro atoms. The van der Waals surface area contributed by atoms with E-state index in [0.717, 1.165) is 32.5 Å². The van der Waals surface area contributed by atoms with Crippen molar-refractivity contribution in [3.63, 3.8) is 0 Å². The molecule has 1 fully saturated rings. The van der Waals surface area contributed by atoms with Gasteiger partial charge in [0.05, 0.1) is 6.10 Å². The molecule has 1 unspecified atom stereocenters. The number of piperidine rings is 1. The molecule has 1 atom stereocenters. The van der Waals surface area contributed by atoms with Crippen LogP contribution in [0.25, 0.3) is 0 Å². The van der Waals surface area contributed by atoms with Gasteiger partial charge in [0, 0.05) is 32.2 Å². The van der Waals surface area contributed by atoms with Crippen molar-refractivity contribution in [1.29, 1.82) is 0 Å². The van der Waals surface area contributed by atoms with Crippen molar-refractivity contribution in [2.24, 2.45) is 17.6 Å². The number of carbonyl (C=O) groups is 1. The highest BCUT2D eigenvalue weighted by Gasteiger charge is 2.25. The number of likely N-dealkylation sites (tertiary alicyclic amines) is 1. The summed E-state index contributed by atoms with van der Waals surface area (Å²) in [7, 11) is 0. The van der Waals surface area contributed by atoms with Gasteiger partial charge in [-0.25, -0.2) is 0 Å². The minimum absolute atomic E-state index is 0. The van der Waals surface area contributed by atoms with Crippen LogP contribution in [-0.4, -0.2) is 43.2 Å². The van der Waals surface area contributed by atoms with Crippen LogP contribution in [0.2, 0.25) is 0 Å². The highest BCUT2D eigenvalue weighted by atomic mass is 35.5. The monoisotopic (exact) mass is 278 g/mol. The SMILES string of the molecule is CC(C)COC1CCN(C(=O)C(C)CN)CC1.Cl. The summed E-state index contributed by atoms with van der Waals surface area (Å²) < 4.78 is 5.80. The van der Waals surface area contributed by atoms with Crippen LogP contribution < -0.4 is 5.73 Å². The van der Waals surface area contributed by atoms with E-state index in [1.54, 1.807) is 0 Å². The highest BCUT2D eigenvalue weighted by molar-refractivity contribution is 5.85. The second-order valence-corrected chi connectivity index (χ2v) is 5.39. The van der Waals surface area contributed by atoms with Gasteiger partial charge in [0.15, 0.2) is 0 Å². The van der Waals surface area contributed by atoms with Crippen molar-refractivity contribution in [3.8, 4) is 0 Å². The van der Waals surface area contributed by atoms with Crippen LogP contribution in [0.5, 0.6) is 0 Å². The zero-order chi connectivity index (χ0) is 12.8. The van der Waals surface area contributed by atoms with E-state index in [9.17, 15) is 4.79 Å². The molecule has 108 valence electrons. The molecular formula is C13H27ClN2O2. The maximum Gasteiger partial charge on any atom is 0.226 e. The predicted molar refractivity (Wildman–Crippen MR) is 75.9 cm³/mol. The maximum absolute atomic E-state index is 11.9. The Morgan fingerprint density at radius 3 is 2.33 bits per heavy atom. The van der Waals surface area contributed by atoms with Gasteiger partial charge in [-0.1, -0.05) is 20.8 Å². The van der Waals surface area contributed by atoms with Crippen molar-refractivity contribution in [2.45, 2.75) is 39.7 Å². The number of hydrogen-bond acceptors (Lipinski definition) is 3. The van der Waals surface area contributed by atoms with Crippen LogP contribution in [0, 0.1) is 11.8 Å². The molecular weight excluding hydrogens is 252 g/mol. The molecule has 0 aliphatic carbocycles. The average molecular weight is 279 g/mol. The molecule has 1 amide bonds. The van der Waals surface area contributed by atoms with Gasteiger partial charge in [-0.05, 0) is 18.8 Å². The Morgan fingerprint density at radius 2 is 1.89 bits per heavy atom. The fourth-order valence-electron chi connectivity index (χ4n) is 1.98. The minimum Gasteiger partial charge on any atom is -0.378 e. The molecule has 4 nitrogen and oxygen atoms in total. The molecule has 2 N–H and O–H groups in total. The third kappa shape index (κ3) is 5.55. The Balaban J connectivity index is 0.00000289. The van der Waals surface area contributed by atoms with E-state index < -0.39 is 0 Å². The van der Waals surface area contributed by atoms with Crippen molar-refractivity contribution in [3.05, 3.63) is 0 Å². The zero-order valence-corrected chi connectivity index (χ0v) is 12.5. The zero-order valence-electron chi connectivity index (χ0n) is 11.7. The number of carbonyl (C=O) groups excluding carboxylic acids is 1. The van der Waals surface area contributed by atoms with E-state index in [-0.39, 0.29) is 24.2 Å². The lowest BCUT2D eigenvalue weighted by Crippen LogP contribution is -2.44. The first-order valence-electron chi connectivity index (χ1n) is 6.65. The van der Waals surface area contributed by atoms with Crippen molar-refractivity contribution >= 4 is 18.3 Å². The molecule has 18 heavy (non-hydrogen) atoms. The highest BCUT2D eigenvalue weighted by Crippen LogP contribution is 2.16. The van der Waals surface area contributed by atoms with Crippen molar-refractivity contribution in [1.82, 2.24) is 4.90 Å². The summed E-state index contributed by atoms with van der Waals surface area (Å²) >= 11 is 0. The predicted octanol–water partition coefficient (Wildman–Crippen LogP) is 1.67. The third-order valence-corrected chi connectivity index (χ3v) is 3.19. The third-order valence-electron chi connectivity index (χ3n) is 3.19. The quantitative estimate of drug-likeness (QED) is 0.832. The number of rotatable bonds is 5. The van der Waals surface area contributed by atoms with Gasteiger partial charge in [-0.3, -0.25) is 4.79 Å². The first-order valence-corrected chi connectivity index (χ1v) is 6.65. The molecule has 0 saturated carbocycles. The first kappa shape index (κ1) is 17.7. The van der Waals surface area contributed by atoms with E-state index in [1.807, 2.05) is 11.8 Å². The summed E-state index contributed by atoms with van der Waals surface area (Å²) in [6.07, 6.45) is 2.24. The Kier molecular flexibility index (Phi) is 8.57. The molecule has 0 aromatic carbocycles. The fourth-order valence-corrected chi connectivity index (χ4v) is 1.98. The topological polar surface area (TPSA) is 55.6 Å². The average Bonchev–Trinajstić information content (AvgIpc) is 2.35. The van der Waals surface area contributed by atoms with Crippen molar-refractivity contribution in [2.75, 3.05) is 26.2 Å². The van der Waals surface area contributed by atoms with Gasteiger partial charge >= 0.3 is 0 Å². The molecule has 0 aromatic rings. The van der Waals surface area contributed by atoms with Gasteiger partial charge in [-0.15, -0.1) is 12.4 Å². The van der Waals surface area contributed by atoms with Gasteiger partial charge in [0.1, 0.15) is 0 Å². The van der Waals surface area contributed by atoms with Crippen LogP contribution in [-0.2, 0) is 9.53 Å². The van der Waals surface area contributed by atoms with Crippen LogP contribution in [0.15, 0.2) is 0 Å². The van der Waals surface area contributed by atoms with E-state index in [1.165, 1.54) is 0 Å². The van der Waals surface area contributed by atoms with E-state index in [2.05, 4.69) is 13.8 Å². The van der Waals surface area contributed by atoms with E-state index >= 15 is 0 Å². The Hall–Kier alpha value is -0.320. The summed E-state index contributed by atoms with van der Waals surface area (Å²) in [4.78, 5) is 13.8. The smallest absolute Gasteiger partial charge is 0.226 e. The Labute approximate surface area is 117 Å². The molecule has 1 rings (SSSR count). The number of amides is 1. The summed E-state index contributed by atoms with van der Waals surface area (Å²) in [6.45, 7) is 9.07. The number of ether oxygens (including phenoxy) is 1. The Bertz CT molecular complexity index is 241.